The Morgan fingerprint density at radius 1 is 1.36 bits per heavy atom. The number of hydrogen-bond acceptors (Lipinski definition) is 3. The van der Waals surface area contributed by atoms with Gasteiger partial charge in [-0.25, -0.2) is 12.8 Å². The maximum absolute atomic E-state index is 13.6. The van der Waals surface area contributed by atoms with Crippen LogP contribution in [0, 0.1) is 5.82 Å². The van der Waals surface area contributed by atoms with Gasteiger partial charge in [-0.3, -0.25) is 0 Å². The second-order valence-electron chi connectivity index (χ2n) is 5.11. The van der Waals surface area contributed by atoms with Crippen LogP contribution in [0.3, 0.4) is 0 Å². The Balaban J connectivity index is 2.36. The molecule has 1 unspecified atom stereocenters. The number of hydrogen-bond donors (Lipinski definition) is 1. The minimum absolute atomic E-state index is 0.275. The van der Waals surface area contributed by atoms with Crippen LogP contribution in [0.25, 0.3) is 0 Å². The zero-order valence-electron chi connectivity index (χ0n) is 11.8. The van der Waals surface area contributed by atoms with E-state index in [1.54, 1.807) is 7.05 Å². The van der Waals surface area contributed by atoms with Crippen molar-refractivity contribution in [2.24, 2.45) is 0 Å². The van der Waals surface area contributed by atoms with Gasteiger partial charge in [-0.2, -0.15) is 17.5 Å². The van der Waals surface area contributed by atoms with E-state index in [1.165, 1.54) is 4.31 Å². The van der Waals surface area contributed by atoms with Crippen LogP contribution >= 0.6 is 0 Å². The van der Waals surface area contributed by atoms with Gasteiger partial charge in [0.25, 0.3) is 0 Å². The number of nitrogens with zero attached hydrogens (tertiary/aromatic N) is 1. The van der Waals surface area contributed by atoms with E-state index in [9.17, 15) is 26.0 Å². The van der Waals surface area contributed by atoms with Crippen molar-refractivity contribution in [1.29, 1.82) is 0 Å². The first-order valence-corrected chi connectivity index (χ1v) is 8.15. The van der Waals surface area contributed by atoms with Gasteiger partial charge in [0.15, 0.2) is 0 Å². The van der Waals surface area contributed by atoms with Crippen molar-refractivity contribution in [3.05, 3.63) is 29.6 Å². The van der Waals surface area contributed by atoms with Gasteiger partial charge in [0.05, 0.1) is 10.5 Å². The van der Waals surface area contributed by atoms with E-state index >= 15 is 0 Å². The van der Waals surface area contributed by atoms with Gasteiger partial charge in [-0.05, 0) is 38.1 Å². The molecular formula is C13H16F4N2O2S. The Morgan fingerprint density at radius 3 is 2.59 bits per heavy atom. The van der Waals surface area contributed by atoms with E-state index in [1.807, 2.05) is 0 Å². The summed E-state index contributed by atoms with van der Waals surface area (Å²) in [4.78, 5) is -0.457. The number of likely N-dealkylation sites (N-methyl/N-ethyl adjacent to an activating group) is 1. The second-order valence-corrected chi connectivity index (χ2v) is 7.00. The van der Waals surface area contributed by atoms with Crippen LogP contribution in [0.2, 0.25) is 0 Å². The molecular weight excluding hydrogens is 324 g/mol. The molecule has 1 fully saturated rings. The first-order valence-electron chi connectivity index (χ1n) is 6.71. The van der Waals surface area contributed by atoms with Crippen molar-refractivity contribution >= 4 is 10.0 Å². The Bertz CT molecular complexity index is 646. The van der Waals surface area contributed by atoms with Crippen molar-refractivity contribution in [2.45, 2.75) is 30.0 Å². The van der Waals surface area contributed by atoms with Crippen molar-refractivity contribution in [1.82, 2.24) is 9.62 Å². The van der Waals surface area contributed by atoms with Crippen molar-refractivity contribution < 1.29 is 26.0 Å². The van der Waals surface area contributed by atoms with E-state index in [-0.39, 0.29) is 12.6 Å². The lowest BCUT2D eigenvalue weighted by atomic mass is 10.2. The van der Waals surface area contributed by atoms with Crippen LogP contribution in [-0.2, 0) is 16.2 Å². The molecule has 1 aromatic carbocycles. The number of halogens is 4. The van der Waals surface area contributed by atoms with Gasteiger partial charge < -0.3 is 5.32 Å². The highest BCUT2D eigenvalue weighted by Crippen LogP contribution is 2.33. The molecule has 9 heteroatoms. The quantitative estimate of drug-likeness (QED) is 0.855. The van der Waals surface area contributed by atoms with Gasteiger partial charge >= 0.3 is 6.18 Å². The molecule has 1 heterocycles. The first kappa shape index (κ1) is 17.2. The third-order valence-corrected chi connectivity index (χ3v) is 5.56. The van der Waals surface area contributed by atoms with Gasteiger partial charge in [-0.1, -0.05) is 0 Å². The lowest BCUT2D eigenvalue weighted by Crippen LogP contribution is -2.40. The summed E-state index contributed by atoms with van der Waals surface area (Å²) in [7, 11) is -2.33. The number of nitrogens with one attached hydrogen (secondary N) is 1. The standard InChI is InChI=1S/C13H16F4N2O2S/c1-18-8-9-3-2-6-19(9)22(20,21)10-4-5-11(12(14)7-10)13(15,16)17/h4-5,7,9,18H,2-3,6,8H2,1H3. The summed E-state index contributed by atoms with van der Waals surface area (Å²) in [6, 6.07) is 1.43. The molecule has 1 atom stereocenters. The average molecular weight is 340 g/mol. The fourth-order valence-corrected chi connectivity index (χ4v) is 4.29. The summed E-state index contributed by atoms with van der Waals surface area (Å²) < 4.78 is 77.4. The minimum Gasteiger partial charge on any atom is -0.318 e. The lowest BCUT2D eigenvalue weighted by molar-refractivity contribution is -0.140. The molecule has 1 aliphatic rings. The molecule has 0 spiro atoms. The summed E-state index contributed by atoms with van der Waals surface area (Å²) in [5.74, 6) is -1.59. The molecule has 2 rings (SSSR count). The molecule has 1 aliphatic heterocycles. The van der Waals surface area contributed by atoms with E-state index in [0.717, 1.165) is 6.07 Å². The Hall–Kier alpha value is -1.19. The van der Waals surface area contributed by atoms with Gasteiger partial charge in [0, 0.05) is 19.1 Å². The molecule has 4 nitrogen and oxygen atoms in total. The highest BCUT2D eigenvalue weighted by atomic mass is 32.2. The number of sulfonamides is 1. The number of benzene rings is 1. The van der Waals surface area contributed by atoms with Crippen molar-refractivity contribution in [3.8, 4) is 0 Å². The van der Waals surface area contributed by atoms with Crippen LogP contribution in [-0.4, -0.2) is 38.9 Å². The molecule has 0 amide bonds. The van der Waals surface area contributed by atoms with E-state index in [0.29, 0.717) is 31.5 Å². The predicted octanol–water partition coefficient (Wildman–Crippen LogP) is 2.22. The summed E-state index contributed by atoms with van der Waals surface area (Å²) in [5, 5.41) is 2.87. The molecule has 0 bridgehead atoms. The number of alkyl halides is 3. The number of rotatable bonds is 4. The fraction of sp³-hybridized carbons (Fsp3) is 0.538. The molecule has 1 aromatic rings. The molecule has 124 valence electrons. The summed E-state index contributed by atoms with van der Waals surface area (Å²) in [5.41, 5.74) is -1.47. The van der Waals surface area contributed by atoms with Crippen molar-refractivity contribution in [3.63, 3.8) is 0 Å². The zero-order chi connectivity index (χ0) is 16.5. The zero-order valence-corrected chi connectivity index (χ0v) is 12.6. The van der Waals surface area contributed by atoms with E-state index in [4.69, 9.17) is 0 Å². The highest BCUT2D eigenvalue weighted by Gasteiger charge is 2.38. The first-order chi connectivity index (χ1) is 10.2. The van der Waals surface area contributed by atoms with Gasteiger partial charge in [0.1, 0.15) is 5.82 Å². The van der Waals surface area contributed by atoms with Gasteiger partial charge in [0.2, 0.25) is 10.0 Å². The molecule has 1 N–H and O–H groups in total. The maximum Gasteiger partial charge on any atom is 0.419 e. The molecule has 0 saturated carbocycles. The topological polar surface area (TPSA) is 49.4 Å². The molecule has 1 saturated heterocycles. The molecule has 22 heavy (non-hydrogen) atoms. The SMILES string of the molecule is CNCC1CCCN1S(=O)(=O)c1ccc(C(F)(F)F)c(F)c1. The average Bonchev–Trinajstić information content (AvgIpc) is 2.86. The molecule has 0 radical (unpaired) electrons. The predicted molar refractivity (Wildman–Crippen MR) is 72.2 cm³/mol. The normalized spacial score (nSPS) is 20.5. The van der Waals surface area contributed by atoms with Gasteiger partial charge in [-0.15, -0.1) is 0 Å². The third-order valence-electron chi connectivity index (χ3n) is 3.62. The van der Waals surface area contributed by atoms with Crippen LogP contribution in [0.1, 0.15) is 18.4 Å². The minimum atomic E-state index is -4.85. The lowest BCUT2D eigenvalue weighted by Gasteiger charge is -2.24. The maximum atomic E-state index is 13.6. The van der Waals surface area contributed by atoms with Crippen LogP contribution in [0.4, 0.5) is 17.6 Å². The smallest absolute Gasteiger partial charge is 0.318 e. The Morgan fingerprint density at radius 2 is 2.05 bits per heavy atom. The summed E-state index contributed by atoms with van der Waals surface area (Å²) in [6.45, 7) is 0.708. The molecule has 0 aromatic heterocycles. The fourth-order valence-electron chi connectivity index (χ4n) is 2.59. The van der Waals surface area contributed by atoms with E-state index < -0.39 is 32.5 Å². The van der Waals surface area contributed by atoms with Crippen LogP contribution in [0.5, 0.6) is 0 Å². The monoisotopic (exact) mass is 340 g/mol. The Kier molecular flexibility index (Phi) is 4.78. The van der Waals surface area contributed by atoms with Crippen LogP contribution < -0.4 is 5.32 Å². The summed E-state index contributed by atoms with van der Waals surface area (Å²) in [6.07, 6.45) is -3.54. The third kappa shape index (κ3) is 3.26. The summed E-state index contributed by atoms with van der Waals surface area (Å²) >= 11 is 0. The largest absolute Gasteiger partial charge is 0.419 e. The second kappa shape index (κ2) is 6.13. The molecule has 0 aliphatic carbocycles. The van der Waals surface area contributed by atoms with Crippen LogP contribution in [0.15, 0.2) is 23.1 Å². The van der Waals surface area contributed by atoms with E-state index in [2.05, 4.69) is 5.32 Å². The highest BCUT2D eigenvalue weighted by molar-refractivity contribution is 7.89. The van der Waals surface area contributed by atoms with Crippen molar-refractivity contribution in [2.75, 3.05) is 20.1 Å². The Labute approximate surface area is 126 Å².